The molecular formula is C13H15N3O3. The van der Waals surface area contributed by atoms with E-state index in [0.29, 0.717) is 43.3 Å². The van der Waals surface area contributed by atoms with Gasteiger partial charge in [0.1, 0.15) is 11.3 Å². The second-order valence-corrected chi connectivity index (χ2v) is 4.74. The van der Waals surface area contributed by atoms with E-state index in [1.54, 1.807) is 18.2 Å². The van der Waals surface area contributed by atoms with E-state index < -0.39 is 5.54 Å². The van der Waals surface area contributed by atoms with Gasteiger partial charge in [0.25, 0.3) is 0 Å². The first-order valence-corrected chi connectivity index (χ1v) is 6.18. The first-order chi connectivity index (χ1) is 9.17. The van der Waals surface area contributed by atoms with Crippen LogP contribution in [-0.4, -0.2) is 28.5 Å². The molecule has 0 radical (unpaired) electrons. The molecule has 1 fully saturated rings. The average molecular weight is 261 g/mol. The zero-order valence-electron chi connectivity index (χ0n) is 10.4. The van der Waals surface area contributed by atoms with Crippen LogP contribution in [0, 0.1) is 0 Å². The number of nitrogens with two attached hydrogens (primary N) is 1. The molecule has 6 heteroatoms. The minimum absolute atomic E-state index is 0.164. The summed E-state index contributed by atoms with van der Waals surface area (Å²) in [7, 11) is 0. The first-order valence-electron chi connectivity index (χ1n) is 6.18. The molecule has 1 aromatic carbocycles. The lowest BCUT2D eigenvalue weighted by Gasteiger charge is -2.29. The zero-order chi connectivity index (χ0) is 13.3. The molecule has 0 bridgehead atoms. The Morgan fingerprint density at radius 2 is 2.05 bits per heavy atom. The summed E-state index contributed by atoms with van der Waals surface area (Å²) in [5.41, 5.74) is 6.36. The summed E-state index contributed by atoms with van der Waals surface area (Å²) >= 11 is 0. The van der Waals surface area contributed by atoms with Crippen molar-refractivity contribution in [3.63, 3.8) is 0 Å². The smallest absolute Gasteiger partial charge is 0.247 e. The van der Waals surface area contributed by atoms with Crippen LogP contribution < -0.4 is 5.73 Å². The van der Waals surface area contributed by atoms with Crippen LogP contribution >= 0.6 is 0 Å². The lowest BCUT2D eigenvalue weighted by atomic mass is 9.91. The molecule has 3 rings (SSSR count). The van der Waals surface area contributed by atoms with Crippen LogP contribution in [0.1, 0.15) is 18.7 Å². The molecule has 1 saturated heterocycles. The van der Waals surface area contributed by atoms with E-state index >= 15 is 0 Å². The van der Waals surface area contributed by atoms with Crippen LogP contribution in [0.3, 0.4) is 0 Å². The third-order valence-corrected chi connectivity index (χ3v) is 3.34. The molecule has 0 amide bonds. The van der Waals surface area contributed by atoms with Gasteiger partial charge in [0.2, 0.25) is 11.7 Å². The van der Waals surface area contributed by atoms with Gasteiger partial charge < -0.3 is 20.1 Å². The van der Waals surface area contributed by atoms with Crippen molar-refractivity contribution >= 4 is 0 Å². The predicted molar refractivity (Wildman–Crippen MR) is 67.3 cm³/mol. The van der Waals surface area contributed by atoms with Gasteiger partial charge in [0.05, 0.1) is 0 Å². The van der Waals surface area contributed by atoms with Crippen molar-refractivity contribution < 1.29 is 14.4 Å². The molecule has 0 atom stereocenters. The zero-order valence-corrected chi connectivity index (χ0v) is 10.4. The van der Waals surface area contributed by atoms with Gasteiger partial charge in [-0.25, -0.2) is 0 Å². The molecule has 6 nitrogen and oxygen atoms in total. The van der Waals surface area contributed by atoms with Gasteiger partial charge in [-0.05, 0) is 25.0 Å². The van der Waals surface area contributed by atoms with Crippen molar-refractivity contribution in [1.29, 1.82) is 0 Å². The molecule has 0 unspecified atom stereocenters. The largest absolute Gasteiger partial charge is 0.508 e. The lowest BCUT2D eigenvalue weighted by Crippen LogP contribution is -2.42. The molecule has 0 saturated carbocycles. The van der Waals surface area contributed by atoms with Crippen molar-refractivity contribution in [3.8, 4) is 17.1 Å². The number of nitrogens with zero attached hydrogens (tertiary/aromatic N) is 2. The summed E-state index contributed by atoms with van der Waals surface area (Å²) in [6.45, 7) is 1.20. The quantitative estimate of drug-likeness (QED) is 0.848. The van der Waals surface area contributed by atoms with Gasteiger partial charge >= 0.3 is 0 Å². The molecule has 0 aliphatic carbocycles. The predicted octanol–water partition coefficient (Wildman–Crippen LogP) is 1.41. The SMILES string of the molecule is NC1(c2nc(-c3cccc(O)c3)no2)CCOCC1. The second kappa shape index (κ2) is 4.64. The van der Waals surface area contributed by atoms with Crippen LogP contribution in [0.5, 0.6) is 5.75 Å². The molecule has 100 valence electrons. The standard InChI is InChI=1S/C13H15N3O3/c14-13(4-6-18-7-5-13)12-15-11(16-19-12)9-2-1-3-10(17)8-9/h1-3,8,17H,4-7,14H2. The number of phenolic OH excluding ortho intramolecular Hbond substituents is 1. The van der Waals surface area contributed by atoms with Gasteiger partial charge in [-0.1, -0.05) is 17.3 Å². The third-order valence-electron chi connectivity index (χ3n) is 3.34. The Kier molecular flexibility index (Phi) is 2.96. The topological polar surface area (TPSA) is 94.4 Å². The summed E-state index contributed by atoms with van der Waals surface area (Å²) in [6, 6.07) is 6.71. The van der Waals surface area contributed by atoms with Gasteiger partial charge in [-0.2, -0.15) is 4.98 Å². The van der Waals surface area contributed by atoms with E-state index in [1.807, 2.05) is 6.07 Å². The fourth-order valence-electron chi connectivity index (χ4n) is 2.14. The molecule has 2 heterocycles. The highest BCUT2D eigenvalue weighted by molar-refractivity contribution is 5.56. The Morgan fingerprint density at radius 1 is 1.26 bits per heavy atom. The monoisotopic (exact) mass is 261 g/mol. The Hall–Kier alpha value is -1.92. The summed E-state index contributed by atoms with van der Waals surface area (Å²) in [5, 5.41) is 13.4. The molecule has 3 N–H and O–H groups in total. The Labute approximate surface area is 110 Å². The summed E-state index contributed by atoms with van der Waals surface area (Å²) in [5.74, 6) is 1.02. The first kappa shape index (κ1) is 12.1. The Bertz CT molecular complexity index is 576. The number of rotatable bonds is 2. The highest BCUT2D eigenvalue weighted by Crippen LogP contribution is 2.30. The van der Waals surface area contributed by atoms with Crippen LogP contribution in [0.25, 0.3) is 11.4 Å². The van der Waals surface area contributed by atoms with Crippen molar-refractivity contribution in [2.75, 3.05) is 13.2 Å². The number of aromatic nitrogens is 2. The molecular weight excluding hydrogens is 246 g/mol. The van der Waals surface area contributed by atoms with E-state index in [4.69, 9.17) is 15.0 Å². The van der Waals surface area contributed by atoms with Gasteiger partial charge in [-0.3, -0.25) is 0 Å². The van der Waals surface area contributed by atoms with Crippen molar-refractivity contribution in [1.82, 2.24) is 10.1 Å². The van der Waals surface area contributed by atoms with Crippen molar-refractivity contribution in [2.24, 2.45) is 5.73 Å². The summed E-state index contributed by atoms with van der Waals surface area (Å²) in [6.07, 6.45) is 1.32. The van der Waals surface area contributed by atoms with Crippen molar-refractivity contribution in [2.45, 2.75) is 18.4 Å². The van der Waals surface area contributed by atoms with Gasteiger partial charge in [0.15, 0.2) is 0 Å². The highest BCUT2D eigenvalue weighted by atomic mass is 16.5. The third kappa shape index (κ3) is 2.32. The lowest BCUT2D eigenvalue weighted by molar-refractivity contribution is 0.0400. The number of hydrogen-bond acceptors (Lipinski definition) is 6. The minimum atomic E-state index is -0.611. The normalized spacial score (nSPS) is 18.4. The van der Waals surface area contributed by atoms with E-state index in [0.717, 1.165) is 0 Å². The molecule has 0 spiro atoms. The minimum Gasteiger partial charge on any atom is -0.508 e. The fourth-order valence-corrected chi connectivity index (χ4v) is 2.14. The average Bonchev–Trinajstić information content (AvgIpc) is 2.90. The number of hydrogen-bond donors (Lipinski definition) is 2. The molecule has 1 aliphatic heterocycles. The maximum absolute atomic E-state index is 9.45. The van der Waals surface area contributed by atoms with E-state index in [2.05, 4.69) is 10.1 Å². The Balaban J connectivity index is 1.91. The number of phenols is 1. The second-order valence-electron chi connectivity index (χ2n) is 4.74. The molecule has 2 aromatic rings. The van der Waals surface area contributed by atoms with Crippen LogP contribution in [0.4, 0.5) is 0 Å². The van der Waals surface area contributed by atoms with Gasteiger partial charge in [-0.15, -0.1) is 0 Å². The van der Waals surface area contributed by atoms with E-state index in [-0.39, 0.29) is 5.75 Å². The fraction of sp³-hybridized carbons (Fsp3) is 0.385. The maximum Gasteiger partial charge on any atom is 0.247 e. The summed E-state index contributed by atoms with van der Waals surface area (Å²) < 4.78 is 10.6. The van der Waals surface area contributed by atoms with Crippen LogP contribution in [0.15, 0.2) is 28.8 Å². The number of aromatic hydroxyl groups is 1. The van der Waals surface area contributed by atoms with Gasteiger partial charge in [0, 0.05) is 18.8 Å². The van der Waals surface area contributed by atoms with E-state index in [9.17, 15) is 5.11 Å². The highest BCUT2D eigenvalue weighted by Gasteiger charge is 2.35. The van der Waals surface area contributed by atoms with Crippen LogP contribution in [-0.2, 0) is 10.3 Å². The van der Waals surface area contributed by atoms with E-state index in [1.165, 1.54) is 0 Å². The summed E-state index contributed by atoms with van der Waals surface area (Å²) in [4.78, 5) is 4.35. The molecule has 19 heavy (non-hydrogen) atoms. The Morgan fingerprint density at radius 3 is 2.79 bits per heavy atom. The van der Waals surface area contributed by atoms with Crippen LogP contribution in [0.2, 0.25) is 0 Å². The number of benzene rings is 1. The van der Waals surface area contributed by atoms with Crippen molar-refractivity contribution in [3.05, 3.63) is 30.2 Å². The molecule has 1 aliphatic rings. The number of ether oxygens (including phenoxy) is 1. The maximum atomic E-state index is 9.45. The molecule has 1 aromatic heterocycles.